The fourth-order valence-corrected chi connectivity index (χ4v) is 5.29. The van der Waals surface area contributed by atoms with Crippen LogP contribution in [0.2, 0.25) is 0 Å². The lowest BCUT2D eigenvalue weighted by Crippen LogP contribution is -2.35. The molecule has 0 atom stereocenters. The van der Waals surface area contributed by atoms with Crippen molar-refractivity contribution in [3.05, 3.63) is 76.7 Å². The standard InChI is InChI=1S/C27H28N2O4S2/c1-3-13-29-26(31)24(35-27(29)34)17-20-9-12-22(23(16-20)32-2)33-18-19-7-10-21(11-8-19)25(30)28-14-5-4-6-15-28/h3,7-12,16-17H,1,4-6,13-15,18H2,2H3/b24-17-. The average Bonchev–Trinajstić information content (AvgIpc) is 3.15. The number of likely N-dealkylation sites (tertiary alicyclic amines) is 1. The smallest absolute Gasteiger partial charge is 0.266 e. The maximum atomic E-state index is 12.7. The van der Waals surface area contributed by atoms with E-state index in [1.54, 1.807) is 19.3 Å². The van der Waals surface area contributed by atoms with Gasteiger partial charge in [-0.2, -0.15) is 0 Å². The molecule has 0 radical (unpaired) electrons. The van der Waals surface area contributed by atoms with Crippen LogP contribution >= 0.6 is 24.0 Å². The lowest BCUT2D eigenvalue weighted by Gasteiger charge is -2.26. The zero-order valence-electron chi connectivity index (χ0n) is 19.7. The van der Waals surface area contributed by atoms with Crippen molar-refractivity contribution in [1.82, 2.24) is 9.80 Å². The highest BCUT2D eigenvalue weighted by atomic mass is 32.2. The van der Waals surface area contributed by atoms with Crippen LogP contribution in [-0.2, 0) is 11.4 Å². The summed E-state index contributed by atoms with van der Waals surface area (Å²) in [6, 6.07) is 13.1. The van der Waals surface area contributed by atoms with E-state index in [9.17, 15) is 9.59 Å². The van der Waals surface area contributed by atoms with E-state index in [2.05, 4.69) is 6.58 Å². The second-order valence-electron chi connectivity index (χ2n) is 8.33. The summed E-state index contributed by atoms with van der Waals surface area (Å²) in [5.74, 6) is 1.13. The minimum atomic E-state index is -0.124. The third-order valence-electron chi connectivity index (χ3n) is 5.91. The van der Waals surface area contributed by atoms with Gasteiger partial charge in [-0.25, -0.2) is 0 Å². The van der Waals surface area contributed by atoms with E-state index in [4.69, 9.17) is 21.7 Å². The number of benzene rings is 2. The molecular formula is C27H28N2O4S2. The van der Waals surface area contributed by atoms with E-state index in [0.29, 0.717) is 39.4 Å². The lowest BCUT2D eigenvalue weighted by molar-refractivity contribution is -0.121. The Balaban J connectivity index is 1.40. The molecule has 8 heteroatoms. The number of nitrogens with zero attached hydrogens (tertiary/aromatic N) is 2. The highest BCUT2D eigenvalue weighted by Gasteiger charge is 2.31. The number of hydrogen-bond acceptors (Lipinski definition) is 6. The Morgan fingerprint density at radius 2 is 1.86 bits per heavy atom. The van der Waals surface area contributed by atoms with Gasteiger partial charge in [0.05, 0.1) is 12.0 Å². The van der Waals surface area contributed by atoms with Crippen LogP contribution < -0.4 is 9.47 Å². The minimum Gasteiger partial charge on any atom is -0.493 e. The SMILES string of the molecule is C=CCN1C(=O)/C(=C/c2ccc(OCc3ccc(C(=O)N4CCCCC4)cc3)c(OC)c2)SC1=S. The second-order valence-corrected chi connectivity index (χ2v) is 10.0. The molecule has 2 aliphatic heterocycles. The van der Waals surface area contributed by atoms with Crippen LogP contribution in [0, 0.1) is 0 Å². The van der Waals surface area contributed by atoms with Gasteiger partial charge in [0.2, 0.25) is 0 Å². The Morgan fingerprint density at radius 1 is 1.11 bits per heavy atom. The average molecular weight is 509 g/mol. The first-order valence-electron chi connectivity index (χ1n) is 11.6. The molecule has 4 rings (SSSR count). The lowest BCUT2D eigenvalue weighted by atomic mass is 10.1. The Hall–Kier alpha value is -3.10. The van der Waals surface area contributed by atoms with Crippen molar-refractivity contribution in [3.8, 4) is 11.5 Å². The van der Waals surface area contributed by atoms with Crippen LogP contribution in [0.15, 0.2) is 60.0 Å². The summed E-state index contributed by atoms with van der Waals surface area (Å²) in [7, 11) is 1.58. The van der Waals surface area contributed by atoms with Gasteiger partial charge in [-0.1, -0.05) is 48.3 Å². The van der Waals surface area contributed by atoms with Gasteiger partial charge in [0, 0.05) is 25.2 Å². The topological polar surface area (TPSA) is 59.1 Å². The predicted molar refractivity (Wildman–Crippen MR) is 144 cm³/mol. The minimum absolute atomic E-state index is 0.0934. The maximum Gasteiger partial charge on any atom is 0.266 e. The van der Waals surface area contributed by atoms with E-state index in [1.165, 1.54) is 23.1 Å². The first-order chi connectivity index (χ1) is 17.0. The molecule has 0 N–H and O–H groups in total. The van der Waals surface area contributed by atoms with Crippen molar-refractivity contribution in [2.45, 2.75) is 25.9 Å². The van der Waals surface area contributed by atoms with Crippen LogP contribution in [0.4, 0.5) is 0 Å². The highest BCUT2D eigenvalue weighted by molar-refractivity contribution is 8.26. The number of hydrogen-bond donors (Lipinski definition) is 0. The fourth-order valence-electron chi connectivity index (χ4n) is 4.02. The fraction of sp³-hybridized carbons (Fsp3) is 0.296. The molecule has 35 heavy (non-hydrogen) atoms. The van der Waals surface area contributed by atoms with E-state index >= 15 is 0 Å². The first-order valence-corrected chi connectivity index (χ1v) is 12.8. The molecule has 2 aromatic carbocycles. The molecule has 0 bridgehead atoms. The van der Waals surface area contributed by atoms with E-state index in [1.807, 2.05) is 47.4 Å². The third kappa shape index (κ3) is 5.94. The Morgan fingerprint density at radius 3 is 2.54 bits per heavy atom. The molecule has 0 unspecified atom stereocenters. The Kier molecular flexibility index (Phi) is 8.25. The predicted octanol–water partition coefficient (Wildman–Crippen LogP) is 5.29. The Bertz CT molecular complexity index is 1150. The number of rotatable bonds is 8. The van der Waals surface area contributed by atoms with Crippen molar-refractivity contribution < 1.29 is 19.1 Å². The molecule has 0 aliphatic carbocycles. The number of amides is 2. The number of thioether (sulfide) groups is 1. The number of piperidine rings is 1. The summed E-state index contributed by atoms with van der Waals surface area (Å²) in [6.07, 6.45) is 6.80. The van der Waals surface area contributed by atoms with Gasteiger partial charge < -0.3 is 14.4 Å². The number of methoxy groups -OCH3 is 1. The van der Waals surface area contributed by atoms with Gasteiger partial charge in [0.25, 0.3) is 11.8 Å². The molecule has 0 aromatic heterocycles. The van der Waals surface area contributed by atoms with Crippen LogP contribution in [0.1, 0.15) is 40.7 Å². The van der Waals surface area contributed by atoms with Gasteiger partial charge in [-0.15, -0.1) is 6.58 Å². The molecule has 2 heterocycles. The molecule has 0 spiro atoms. The van der Waals surface area contributed by atoms with E-state index in [0.717, 1.165) is 37.1 Å². The zero-order valence-corrected chi connectivity index (χ0v) is 21.3. The quantitative estimate of drug-likeness (QED) is 0.274. The zero-order chi connectivity index (χ0) is 24.8. The van der Waals surface area contributed by atoms with Crippen LogP contribution in [0.3, 0.4) is 0 Å². The largest absolute Gasteiger partial charge is 0.493 e. The van der Waals surface area contributed by atoms with Gasteiger partial charge in [0.1, 0.15) is 10.9 Å². The van der Waals surface area contributed by atoms with Gasteiger partial charge in [-0.05, 0) is 60.7 Å². The molecule has 2 aliphatic rings. The van der Waals surface area contributed by atoms with Crippen LogP contribution in [0.25, 0.3) is 6.08 Å². The third-order valence-corrected chi connectivity index (χ3v) is 7.29. The second kappa shape index (κ2) is 11.6. The van der Waals surface area contributed by atoms with Gasteiger partial charge >= 0.3 is 0 Å². The molecule has 0 saturated carbocycles. The van der Waals surface area contributed by atoms with Gasteiger partial charge in [0.15, 0.2) is 11.5 Å². The van der Waals surface area contributed by atoms with Crippen LogP contribution in [0.5, 0.6) is 11.5 Å². The molecule has 2 aromatic rings. The van der Waals surface area contributed by atoms with Crippen molar-refractivity contribution in [2.24, 2.45) is 0 Å². The molecule has 2 fully saturated rings. The summed E-state index contributed by atoms with van der Waals surface area (Å²) >= 11 is 6.57. The molecule has 2 amide bonds. The first kappa shape index (κ1) is 25.0. The van der Waals surface area contributed by atoms with Crippen molar-refractivity contribution in [3.63, 3.8) is 0 Å². The monoisotopic (exact) mass is 508 g/mol. The summed E-state index contributed by atoms with van der Waals surface area (Å²) in [4.78, 5) is 29.2. The van der Waals surface area contributed by atoms with Gasteiger partial charge in [-0.3, -0.25) is 14.5 Å². The van der Waals surface area contributed by atoms with Crippen LogP contribution in [-0.4, -0.2) is 52.7 Å². The molecule has 182 valence electrons. The molecule has 2 saturated heterocycles. The van der Waals surface area contributed by atoms with Crippen molar-refractivity contribution in [2.75, 3.05) is 26.7 Å². The molecular weight excluding hydrogens is 480 g/mol. The number of carbonyl (C=O) groups is 2. The summed E-state index contributed by atoms with van der Waals surface area (Å²) < 4.78 is 12.0. The van der Waals surface area contributed by atoms with Crippen molar-refractivity contribution >= 4 is 46.2 Å². The summed E-state index contributed by atoms with van der Waals surface area (Å²) in [6.45, 7) is 6.08. The normalized spacial score (nSPS) is 17.1. The summed E-state index contributed by atoms with van der Waals surface area (Å²) in [5.41, 5.74) is 2.47. The summed E-state index contributed by atoms with van der Waals surface area (Å²) in [5, 5.41) is 0. The maximum absolute atomic E-state index is 12.7. The van der Waals surface area contributed by atoms with E-state index < -0.39 is 0 Å². The highest BCUT2D eigenvalue weighted by Crippen LogP contribution is 2.35. The number of carbonyl (C=O) groups excluding carboxylic acids is 2. The van der Waals surface area contributed by atoms with Crippen molar-refractivity contribution in [1.29, 1.82) is 0 Å². The number of ether oxygens (including phenoxy) is 2. The number of thiocarbonyl (C=S) groups is 1. The van der Waals surface area contributed by atoms with E-state index in [-0.39, 0.29) is 11.8 Å². The Labute approximate surface area is 215 Å². The molecule has 6 nitrogen and oxygen atoms in total.